The number of likely N-dealkylation sites (tertiary alicyclic amines) is 1. The van der Waals surface area contributed by atoms with E-state index in [1.165, 1.54) is 12.8 Å². The maximum Gasteiger partial charge on any atom is 0.320 e. The Morgan fingerprint density at radius 1 is 1.27 bits per heavy atom. The van der Waals surface area contributed by atoms with Gasteiger partial charge in [0.25, 0.3) is 5.91 Å². The predicted molar refractivity (Wildman–Crippen MR) is 98.0 cm³/mol. The highest BCUT2D eigenvalue weighted by Gasteiger charge is 2.35. The van der Waals surface area contributed by atoms with E-state index in [1.54, 1.807) is 19.0 Å². The Labute approximate surface area is 153 Å². The number of amides is 3. The van der Waals surface area contributed by atoms with Gasteiger partial charge in [0, 0.05) is 33.4 Å². The zero-order valence-electron chi connectivity index (χ0n) is 15.3. The van der Waals surface area contributed by atoms with E-state index in [0.717, 1.165) is 24.2 Å². The van der Waals surface area contributed by atoms with Gasteiger partial charge in [0.15, 0.2) is 5.69 Å². The van der Waals surface area contributed by atoms with E-state index in [0.29, 0.717) is 24.7 Å². The molecule has 7 nitrogen and oxygen atoms in total. The number of fused-ring (bicyclic) bond motifs is 1. The first-order valence-corrected chi connectivity index (χ1v) is 9.29. The summed E-state index contributed by atoms with van der Waals surface area (Å²) >= 11 is 0. The van der Waals surface area contributed by atoms with Gasteiger partial charge in [-0.1, -0.05) is 6.07 Å². The number of pyridine rings is 1. The van der Waals surface area contributed by atoms with Gasteiger partial charge in [-0.05, 0) is 43.7 Å². The fourth-order valence-electron chi connectivity index (χ4n) is 3.63. The molecule has 0 spiro atoms. The Morgan fingerprint density at radius 3 is 2.81 bits per heavy atom. The van der Waals surface area contributed by atoms with Crippen LogP contribution in [0.1, 0.15) is 48.0 Å². The molecule has 0 radical (unpaired) electrons. The highest BCUT2D eigenvalue weighted by atomic mass is 16.2. The third-order valence-electron chi connectivity index (χ3n) is 5.22. The largest absolute Gasteiger partial charge is 0.350 e. The van der Waals surface area contributed by atoms with E-state index in [4.69, 9.17) is 4.98 Å². The average Bonchev–Trinajstić information content (AvgIpc) is 3.21. The van der Waals surface area contributed by atoms with Crippen LogP contribution in [0.4, 0.5) is 4.79 Å². The van der Waals surface area contributed by atoms with Crippen LogP contribution in [0.2, 0.25) is 0 Å². The molecule has 1 saturated heterocycles. The normalized spacial score (nSPS) is 19.8. The standard InChI is InChI=1S/C19H25N5O2/c1-22(2)19(26)24-11-5-7-15(24)17-21-16(14-6-3-4-10-23(14)17)18(25)20-12-13-8-9-13/h3-4,6,10,13,15H,5,7-9,11-12H2,1-2H3,(H,20,25)/t15-/m0/s1. The summed E-state index contributed by atoms with van der Waals surface area (Å²) in [6.07, 6.45) is 6.11. The molecule has 3 amide bonds. The highest BCUT2D eigenvalue weighted by molar-refractivity contribution is 5.99. The summed E-state index contributed by atoms with van der Waals surface area (Å²) in [5.74, 6) is 1.26. The van der Waals surface area contributed by atoms with Crippen molar-refractivity contribution in [3.05, 3.63) is 35.9 Å². The third-order valence-corrected chi connectivity index (χ3v) is 5.22. The number of hydrogen-bond acceptors (Lipinski definition) is 3. The number of rotatable bonds is 4. The average molecular weight is 355 g/mol. The van der Waals surface area contributed by atoms with Crippen molar-refractivity contribution in [1.29, 1.82) is 0 Å². The molecule has 0 bridgehead atoms. The van der Waals surface area contributed by atoms with Crippen LogP contribution in [0.5, 0.6) is 0 Å². The molecular formula is C19H25N5O2. The summed E-state index contributed by atoms with van der Waals surface area (Å²) in [5.41, 5.74) is 1.24. The van der Waals surface area contributed by atoms with Crippen LogP contribution in [0, 0.1) is 5.92 Å². The van der Waals surface area contributed by atoms with Crippen LogP contribution in [-0.4, -0.2) is 58.3 Å². The van der Waals surface area contributed by atoms with Gasteiger partial charge >= 0.3 is 6.03 Å². The second-order valence-electron chi connectivity index (χ2n) is 7.46. The number of aromatic nitrogens is 2. The van der Waals surface area contributed by atoms with E-state index < -0.39 is 0 Å². The van der Waals surface area contributed by atoms with Crippen LogP contribution in [0.15, 0.2) is 24.4 Å². The molecule has 26 heavy (non-hydrogen) atoms. The van der Waals surface area contributed by atoms with Gasteiger partial charge in [-0.2, -0.15) is 0 Å². The number of hydrogen-bond donors (Lipinski definition) is 1. The summed E-state index contributed by atoms with van der Waals surface area (Å²) in [7, 11) is 3.52. The lowest BCUT2D eigenvalue weighted by molar-refractivity contribution is 0.0948. The second-order valence-corrected chi connectivity index (χ2v) is 7.46. The topological polar surface area (TPSA) is 70.0 Å². The zero-order valence-corrected chi connectivity index (χ0v) is 15.3. The molecule has 2 aliphatic rings. The SMILES string of the molecule is CN(C)C(=O)N1CCC[C@H]1c1nc(C(=O)NCC2CC2)c2ccccn12. The fraction of sp³-hybridized carbons (Fsp3) is 0.526. The monoisotopic (exact) mass is 355 g/mol. The van der Waals surface area contributed by atoms with Gasteiger partial charge in [-0.15, -0.1) is 0 Å². The number of imidazole rings is 1. The summed E-state index contributed by atoms with van der Waals surface area (Å²) in [4.78, 5) is 33.3. The summed E-state index contributed by atoms with van der Waals surface area (Å²) in [6, 6.07) is 5.63. The van der Waals surface area contributed by atoms with Gasteiger partial charge in [-0.3, -0.25) is 4.79 Å². The molecule has 7 heteroatoms. The highest BCUT2D eigenvalue weighted by Crippen LogP contribution is 2.33. The first kappa shape index (κ1) is 16.9. The van der Waals surface area contributed by atoms with Crippen molar-refractivity contribution in [2.75, 3.05) is 27.2 Å². The number of nitrogens with zero attached hydrogens (tertiary/aromatic N) is 4. The maximum absolute atomic E-state index is 12.7. The smallest absolute Gasteiger partial charge is 0.320 e. The van der Waals surface area contributed by atoms with Crippen molar-refractivity contribution in [3.8, 4) is 0 Å². The number of urea groups is 1. The van der Waals surface area contributed by atoms with E-state index in [1.807, 2.05) is 33.7 Å². The lowest BCUT2D eigenvalue weighted by atomic mass is 10.2. The molecule has 1 aliphatic heterocycles. The molecule has 2 aromatic rings. The minimum absolute atomic E-state index is 0.0140. The van der Waals surface area contributed by atoms with Crippen LogP contribution < -0.4 is 5.32 Å². The second kappa shape index (κ2) is 6.63. The Bertz CT molecular complexity index is 840. The molecule has 138 valence electrons. The van der Waals surface area contributed by atoms with Crippen molar-refractivity contribution >= 4 is 17.5 Å². The molecule has 2 fully saturated rings. The van der Waals surface area contributed by atoms with Gasteiger partial charge in [0.2, 0.25) is 0 Å². The van der Waals surface area contributed by atoms with E-state index in [2.05, 4.69) is 5.32 Å². The molecule has 1 aliphatic carbocycles. The van der Waals surface area contributed by atoms with Gasteiger partial charge in [-0.25, -0.2) is 9.78 Å². The quantitative estimate of drug-likeness (QED) is 0.915. The summed E-state index contributed by atoms with van der Waals surface area (Å²) in [5, 5.41) is 3.01. The van der Waals surface area contributed by atoms with Crippen molar-refractivity contribution in [3.63, 3.8) is 0 Å². The molecule has 1 atom stereocenters. The minimum Gasteiger partial charge on any atom is -0.350 e. The Morgan fingerprint density at radius 2 is 2.08 bits per heavy atom. The van der Waals surface area contributed by atoms with Gasteiger partial charge in [0.05, 0.1) is 11.6 Å². The van der Waals surface area contributed by atoms with E-state index in [9.17, 15) is 9.59 Å². The first-order valence-electron chi connectivity index (χ1n) is 9.29. The van der Waals surface area contributed by atoms with E-state index in [-0.39, 0.29) is 18.0 Å². The number of carbonyl (C=O) groups excluding carboxylic acids is 2. The lowest BCUT2D eigenvalue weighted by Crippen LogP contribution is -2.39. The van der Waals surface area contributed by atoms with Crippen molar-refractivity contribution < 1.29 is 9.59 Å². The molecule has 4 rings (SSSR count). The number of carbonyl (C=O) groups is 2. The molecule has 0 unspecified atom stereocenters. The van der Waals surface area contributed by atoms with Gasteiger partial charge in [0.1, 0.15) is 5.82 Å². The van der Waals surface area contributed by atoms with Crippen LogP contribution in [0.3, 0.4) is 0 Å². The Hall–Kier alpha value is -2.57. The third kappa shape index (κ3) is 3.02. The lowest BCUT2D eigenvalue weighted by Gasteiger charge is -2.27. The first-order chi connectivity index (χ1) is 12.6. The summed E-state index contributed by atoms with van der Waals surface area (Å²) in [6.45, 7) is 1.43. The number of nitrogens with one attached hydrogen (secondary N) is 1. The zero-order chi connectivity index (χ0) is 18.3. The Balaban J connectivity index is 1.68. The van der Waals surface area contributed by atoms with Crippen LogP contribution in [0.25, 0.3) is 5.52 Å². The molecule has 3 heterocycles. The van der Waals surface area contributed by atoms with Crippen molar-refractivity contribution in [2.45, 2.75) is 31.7 Å². The van der Waals surface area contributed by atoms with E-state index >= 15 is 0 Å². The fourth-order valence-corrected chi connectivity index (χ4v) is 3.63. The minimum atomic E-state index is -0.129. The molecule has 1 N–H and O–H groups in total. The van der Waals surface area contributed by atoms with Crippen LogP contribution in [-0.2, 0) is 0 Å². The molecule has 0 aromatic carbocycles. The summed E-state index contributed by atoms with van der Waals surface area (Å²) < 4.78 is 1.96. The van der Waals surface area contributed by atoms with Crippen LogP contribution >= 0.6 is 0 Å². The molecular weight excluding hydrogens is 330 g/mol. The predicted octanol–water partition coefficient (Wildman–Crippen LogP) is 2.29. The maximum atomic E-state index is 12.7. The Kier molecular flexibility index (Phi) is 4.30. The molecule has 2 aromatic heterocycles. The molecule has 1 saturated carbocycles. The van der Waals surface area contributed by atoms with Crippen molar-refractivity contribution in [2.24, 2.45) is 5.92 Å². The van der Waals surface area contributed by atoms with Crippen molar-refractivity contribution in [1.82, 2.24) is 24.5 Å². The van der Waals surface area contributed by atoms with Gasteiger partial charge < -0.3 is 19.5 Å².